The summed E-state index contributed by atoms with van der Waals surface area (Å²) in [4.78, 5) is 28.3. The Bertz CT molecular complexity index is 583. The lowest BCUT2D eigenvalue weighted by molar-refractivity contribution is -0.385. The molecule has 1 N–H and O–H groups in total. The van der Waals surface area contributed by atoms with E-state index in [9.17, 15) is 19.1 Å². The molecule has 1 amide bonds. The van der Waals surface area contributed by atoms with Crippen molar-refractivity contribution in [1.82, 2.24) is 9.88 Å². The number of pyridine rings is 1. The molecule has 1 fully saturated rings. The van der Waals surface area contributed by atoms with Crippen LogP contribution in [0.15, 0.2) is 12.3 Å². The quantitative estimate of drug-likeness (QED) is 0.645. The molecule has 2 rings (SSSR count). The van der Waals surface area contributed by atoms with E-state index in [1.807, 2.05) is 6.92 Å². The molecular formula is C12H16N4O4S. The monoisotopic (exact) mass is 312 g/mol. The van der Waals surface area contributed by atoms with Crippen molar-refractivity contribution in [2.75, 3.05) is 36.5 Å². The molecule has 0 aliphatic carbocycles. The van der Waals surface area contributed by atoms with E-state index in [-0.39, 0.29) is 17.2 Å². The third-order valence-electron chi connectivity index (χ3n) is 3.12. The minimum absolute atomic E-state index is 0.179. The normalized spacial score (nSPS) is 15.8. The summed E-state index contributed by atoms with van der Waals surface area (Å²) in [5.74, 6) is 0.883. The van der Waals surface area contributed by atoms with Crippen molar-refractivity contribution >= 4 is 28.2 Å². The smallest absolute Gasteiger partial charge is 0.288 e. The van der Waals surface area contributed by atoms with Gasteiger partial charge in [-0.05, 0) is 6.92 Å². The summed E-state index contributed by atoms with van der Waals surface area (Å²) in [5.41, 5.74) is -0.0423. The van der Waals surface area contributed by atoms with Crippen LogP contribution in [0, 0.1) is 10.1 Å². The zero-order chi connectivity index (χ0) is 15.4. The highest BCUT2D eigenvalue weighted by atomic mass is 32.2. The van der Waals surface area contributed by atoms with Crippen molar-refractivity contribution in [2.24, 2.45) is 0 Å². The molecule has 1 aliphatic heterocycles. The summed E-state index contributed by atoms with van der Waals surface area (Å²) in [6.45, 7) is 3.18. The lowest BCUT2D eigenvalue weighted by Gasteiger charge is -2.26. The predicted molar refractivity (Wildman–Crippen MR) is 78.8 cm³/mol. The van der Waals surface area contributed by atoms with Gasteiger partial charge in [0, 0.05) is 48.0 Å². The van der Waals surface area contributed by atoms with Gasteiger partial charge in [-0.2, -0.15) is 0 Å². The number of rotatable bonds is 4. The summed E-state index contributed by atoms with van der Waals surface area (Å²) in [5, 5.41) is 13.8. The van der Waals surface area contributed by atoms with Crippen molar-refractivity contribution in [3.8, 4) is 0 Å². The first-order valence-corrected chi connectivity index (χ1v) is 8.04. The molecule has 21 heavy (non-hydrogen) atoms. The SMILES string of the molecule is CCNc1ncc([N+](=O)[O-])cc1C(=O)N1CCS(=O)CC1. The Labute approximate surface area is 124 Å². The van der Waals surface area contributed by atoms with E-state index in [0.717, 1.165) is 6.20 Å². The Kier molecular flexibility index (Phi) is 4.84. The standard InChI is InChI=1S/C12H16N4O4S/c1-2-13-11-10(7-9(8-14-11)16(18)19)12(17)15-3-5-21(20)6-4-15/h7-8H,2-6H2,1H3,(H,13,14). The summed E-state index contributed by atoms with van der Waals surface area (Å²) in [6.07, 6.45) is 1.13. The van der Waals surface area contributed by atoms with Crippen LogP contribution in [0.2, 0.25) is 0 Å². The van der Waals surface area contributed by atoms with Crippen molar-refractivity contribution in [3.63, 3.8) is 0 Å². The van der Waals surface area contributed by atoms with Crippen LogP contribution in [0.25, 0.3) is 0 Å². The van der Waals surface area contributed by atoms with E-state index in [0.29, 0.717) is 37.0 Å². The summed E-state index contributed by atoms with van der Waals surface area (Å²) in [7, 11) is -0.888. The number of nitrogens with zero attached hydrogens (tertiary/aromatic N) is 3. The van der Waals surface area contributed by atoms with Crippen LogP contribution in [0.4, 0.5) is 11.5 Å². The second-order valence-electron chi connectivity index (χ2n) is 4.52. The summed E-state index contributed by atoms with van der Waals surface area (Å²) < 4.78 is 11.3. The number of carbonyl (C=O) groups is 1. The first-order valence-electron chi connectivity index (χ1n) is 6.55. The van der Waals surface area contributed by atoms with Gasteiger partial charge in [-0.1, -0.05) is 0 Å². The Morgan fingerprint density at radius 1 is 1.52 bits per heavy atom. The van der Waals surface area contributed by atoms with Crippen molar-refractivity contribution < 1.29 is 13.9 Å². The van der Waals surface area contributed by atoms with Crippen molar-refractivity contribution in [2.45, 2.75) is 6.92 Å². The van der Waals surface area contributed by atoms with E-state index >= 15 is 0 Å². The molecular weight excluding hydrogens is 296 g/mol. The lowest BCUT2D eigenvalue weighted by Crippen LogP contribution is -2.42. The Hall–Kier alpha value is -2.03. The van der Waals surface area contributed by atoms with E-state index in [1.54, 1.807) is 4.90 Å². The highest BCUT2D eigenvalue weighted by Crippen LogP contribution is 2.21. The van der Waals surface area contributed by atoms with E-state index in [4.69, 9.17) is 0 Å². The molecule has 1 aromatic heterocycles. The van der Waals surface area contributed by atoms with Crippen LogP contribution >= 0.6 is 0 Å². The zero-order valence-electron chi connectivity index (χ0n) is 11.6. The van der Waals surface area contributed by atoms with Gasteiger partial charge in [-0.3, -0.25) is 19.1 Å². The van der Waals surface area contributed by atoms with Crippen LogP contribution < -0.4 is 5.32 Å². The van der Waals surface area contributed by atoms with Crippen molar-refractivity contribution in [1.29, 1.82) is 0 Å². The fourth-order valence-corrected chi connectivity index (χ4v) is 3.09. The second kappa shape index (κ2) is 6.61. The van der Waals surface area contributed by atoms with Gasteiger partial charge in [0.05, 0.1) is 10.5 Å². The predicted octanol–water partition coefficient (Wildman–Crippen LogP) is 0.626. The first kappa shape index (κ1) is 15.4. The Morgan fingerprint density at radius 2 is 2.19 bits per heavy atom. The van der Waals surface area contributed by atoms with E-state index in [1.165, 1.54) is 6.07 Å². The van der Waals surface area contributed by atoms with Gasteiger partial charge in [0.1, 0.15) is 12.0 Å². The van der Waals surface area contributed by atoms with Crippen LogP contribution in [-0.4, -0.2) is 56.1 Å². The average Bonchev–Trinajstić information content (AvgIpc) is 2.48. The number of carbonyl (C=O) groups excluding carboxylic acids is 1. The number of amides is 1. The molecule has 114 valence electrons. The van der Waals surface area contributed by atoms with Crippen LogP contribution in [-0.2, 0) is 10.8 Å². The summed E-state index contributed by atoms with van der Waals surface area (Å²) in [6, 6.07) is 1.24. The molecule has 0 atom stereocenters. The molecule has 0 unspecified atom stereocenters. The minimum Gasteiger partial charge on any atom is -0.370 e. The van der Waals surface area contributed by atoms with Gasteiger partial charge >= 0.3 is 0 Å². The lowest BCUT2D eigenvalue weighted by atomic mass is 10.2. The number of nitrogens with one attached hydrogen (secondary N) is 1. The van der Waals surface area contributed by atoms with Crippen molar-refractivity contribution in [3.05, 3.63) is 27.9 Å². The molecule has 1 aliphatic rings. The van der Waals surface area contributed by atoms with Gasteiger partial charge in [-0.15, -0.1) is 0 Å². The molecule has 8 nitrogen and oxygen atoms in total. The number of hydrogen-bond donors (Lipinski definition) is 1. The fraction of sp³-hybridized carbons (Fsp3) is 0.500. The summed E-state index contributed by atoms with van der Waals surface area (Å²) >= 11 is 0. The molecule has 1 aromatic rings. The largest absolute Gasteiger partial charge is 0.370 e. The van der Waals surface area contributed by atoms with Gasteiger partial charge in [0.15, 0.2) is 0 Å². The molecule has 0 aromatic carbocycles. The molecule has 9 heteroatoms. The van der Waals surface area contributed by atoms with Crippen LogP contribution in [0.3, 0.4) is 0 Å². The maximum Gasteiger partial charge on any atom is 0.288 e. The van der Waals surface area contributed by atoms with Crippen LogP contribution in [0.1, 0.15) is 17.3 Å². The topological polar surface area (TPSA) is 105 Å². The molecule has 2 heterocycles. The molecule has 1 saturated heterocycles. The fourth-order valence-electron chi connectivity index (χ4n) is 2.04. The maximum absolute atomic E-state index is 12.5. The minimum atomic E-state index is -0.888. The van der Waals surface area contributed by atoms with E-state index in [2.05, 4.69) is 10.3 Å². The second-order valence-corrected chi connectivity index (χ2v) is 6.21. The van der Waals surface area contributed by atoms with Gasteiger partial charge in [0.2, 0.25) is 0 Å². The van der Waals surface area contributed by atoms with Gasteiger partial charge in [0.25, 0.3) is 11.6 Å². The van der Waals surface area contributed by atoms with Gasteiger partial charge < -0.3 is 10.2 Å². The highest BCUT2D eigenvalue weighted by molar-refractivity contribution is 7.85. The van der Waals surface area contributed by atoms with Crippen LogP contribution in [0.5, 0.6) is 0 Å². The highest BCUT2D eigenvalue weighted by Gasteiger charge is 2.25. The average molecular weight is 312 g/mol. The molecule has 0 saturated carbocycles. The first-order chi connectivity index (χ1) is 10.0. The number of nitro groups is 1. The molecule has 0 spiro atoms. The number of aromatic nitrogens is 1. The van der Waals surface area contributed by atoms with E-state index < -0.39 is 15.7 Å². The Morgan fingerprint density at radius 3 is 2.76 bits per heavy atom. The maximum atomic E-state index is 12.5. The molecule has 0 bridgehead atoms. The zero-order valence-corrected chi connectivity index (χ0v) is 12.4. The molecule has 0 radical (unpaired) electrons. The Balaban J connectivity index is 2.30. The third-order valence-corrected chi connectivity index (χ3v) is 4.40. The van der Waals surface area contributed by atoms with Gasteiger partial charge in [-0.25, -0.2) is 4.98 Å². The number of anilines is 1. The third kappa shape index (κ3) is 3.54. The number of hydrogen-bond acceptors (Lipinski definition) is 6.